The zero-order chi connectivity index (χ0) is 19.1. The Hall–Kier alpha value is -3.16. The molecule has 2 aromatic rings. The predicted octanol–water partition coefficient (Wildman–Crippen LogP) is 3.14. The van der Waals surface area contributed by atoms with Gasteiger partial charge >= 0.3 is 12.1 Å². The average Bonchev–Trinajstić information content (AvgIpc) is 2.84. The minimum absolute atomic E-state index is 0.0607. The van der Waals surface area contributed by atoms with Crippen molar-refractivity contribution in [3.63, 3.8) is 0 Å². The van der Waals surface area contributed by atoms with E-state index in [1.54, 1.807) is 19.1 Å². The zero-order valence-electron chi connectivity index (χ0n) is 13.6. The standard InChI is InChI=1S/C18H13F3N2O3/c1-11-6-8-12(9-7-11)22(17(26)18(19,20)21)10-23-15(24)13-4-2-3-5-14(13)16(23)25/h2-9H,10H2,1H3. The van der Waals surface area contributed by atoms with E-state index >= 15 is 0 Å². The second-order valence-corrected chi connectivity index (χ2v) is 5.79. The van der Waals surface area contributed by atoms with Gasteiger partial charge in [-0.15, -0.1) is 0 Å². The van der Waals surface area contributed by atoms with Crippen molar-refractivity contribution in [2.24, 2.45) is 0 Å². The second kappa shape index (κ2) is 6.29. The van der Waals surface area contributed by atoms with Crippen LogP contribution in [0.15, 0.2) is 48.5 Å². The van der Waals surface area contributed by atoms with E-state index in [2.05, 4.69) is 0 Å². The minimum atomic E-state index is -5.15. The number of fused-ring (bicyclic) bond motifs is 1. The van der Waals surface area contributed by atoms with Gasteiger partial charge in [0.2, 0.25) is 0 Å². The summed E-state index contributed by atoms with van der Waals surface area (Å²) in [5.41, 5.74) is 0.921. The monoisotopic (exact) mass is 362 g/mol. The lowest BCUT2D eigenvalue weighted by atomic mass is 10.1. The Morgan fingerprint density at radius 2 is 1.46 bits per heavy atom. The third-order valence-electron chi connectivity index (χ3n) is 3.99. The number of carbonyl (C=O) groups excluding carboxylic acids is 3. The van der Waals surface area contributed by atoms with Gasteiger partial charge in [0.05, 0.1) is 11.1 Å². The molecular formula is C18H13F3N2O3. The van der Waals surface area contributed by atoms with Crippen LogP contribution in [0.2, 0.25) is 0 Å². The Morgan fingerprint density at radius 1 is 0.962 bits per heavy atom. The molecule has 134 valence electrons. The molecule has 0 aliphatic carbocycles. The number of alkyl halides is 3. The molecular weight excluding hydrogens is 349 g/mol. The van der Waals surface area contributed by atoms with Gasteiger partial charge in [0.1, 0.15) is 6.67 Å². The average molecular weight is 362 g/mol. The van der Waals surface area contributed by atoms with Crippen LogP contribution in [-0.2, 0) is 4.79 Å². The van der Waals surface area contributed by atoms with E-state index in [9.17, 15) is 27.6 Å². The highest BCUT2D eigenvalue weighted by Crippen LogP contribution is 2.28. The second-order valence-electron chi connectivity index (χ2n) is 5.79. The number of anilines is 1. The van der Waals surface area contributed by atoms with Gasteiger partial charge < -0.3 is 0 Å². The number of imide groups is 1. The van der Waals surface area contributed by atoms with Crippen LogP contribution in [0, 0.1) is 6.92 Å². The third-order valence-corrected chi connectivity index (χ3v) is 3.99. The topological polar surface area (TPSA) is 57.7 Å². The van der Waals surface area contributed by atoms with Crippen LogP contribution in [0.1, 0.15) is 26.3 Å². The van der Waals surface area contributed by atoms with E-state index in [0.29, 0.717) is 9.80 Å². The summed E-state index contributed by atoms with van der Waals surface area (Å²) in [7, 11) is 0. The Morgan fingerprint density at radius 3 is 1.92 bits per heavy atom. The smallest absolute Gasteiger partial charge is 0.286 e. The number of halogens is 3. The van der Waals surface area contributed by atoms with Gasteiger partial charge in [0, 0.05) is 5.69 Å². The molecule has 0 radical (unpaired) electrons. The fourth-order valence-corrected chi connectivity index (χ4v) is 2.65. The maximum absolute atomic E-state index is 13.0. The fraction of sp³-hybridized carbons (Fsp3) is 0.167. The molecule has 0 unspecified atom stereocenters. The number of benzene rings is 2. The maximum Gasteiger partial charge on any atom is 0.471 e. The number of nitrogens with zero attached hydrogens (tertiary/aromatic N) is 2. The van der Waals surface area contributed by atoms with Crippen molar-refractivity contribution in [2.45, 2.75) is 13.1 Å². The van der Waals surface area contributed by atoms with Gasteiger partial charge in [-0.1, -0.05) is 29.8 Å². The molecule has 0 saturated carbocycles. The van der Waals surface area contributed by atoms with E-state index in [1.807, 2.05) is 0 Å². The Kier molecular flexibility index (Phi) is 4.27. The number of carbonyl (C=O) groups is 3. The van der Waals surface area contributed by atoms with E-state index in [1.165, 1.54) is 36.4 Å². The molecule has 1 heterocycles. The van der Waals surface area contributed by atoms with Crippen LogP contribution in [0.25, 0.3) is 0 Å². The molecule has 0 N–H and O–H groups in total. The molecule has 3 amide bonds. The summed E-state index contributed by atoms with van der Waals surface area (Å²) in [6.45, 7) is 0.914. The van der Waals surface area contributed by atoms with Crippen molar-refractivity contribution in [1.29, 1.82) is 0 Å². The zero-order valence-corrected chi connectivity index (χ0v) is 13.6. The van der Waals surface area contributed by atoms with Crippen molar-refractivity contribution >= 4 is 23.4 Å². The van der Waals surface area contributed by atoms with Gasteiger partial charge in [-0.05, 0) is 31.2 Å². The molecule has 5 nitrogen and oxygen atoms in total. The Balaban J connectivity index is 1.97. The number of amides is 3. The Labute approximate surface area is 146 Å². The summed E-state index contributed by atoms with van der Waals surface area (Å²) < 4.78 is 39.0. The highest BCUT2D eigenvalue weighted by molar-refractivity contribution is 6.21. The fourth-order valence-electron chi connectivity index (χ4n) is 2.65. The minimum Gasteiger partial charge on any atom is -0.286 e. The molecule has 1 aliphatic heterocycles. The normalized spacial score (nSPS) is 13.8. The first-order valence-corrected chi connectivity index (χ1v) is 7.60. The summed E-state index contributed by atoms with van der Waals surface area (Å²) in [5.74, 6) is -3.63. The summed E-state index contributed by atoms with van der Waals surface area (Å²) in [6, 6.07) is 11.7. The van der Waals surface area contributed by atoms with Crippen molar-refractivity contribution in [3.05, 3.63) is 65.2 Å². The van der Waals surface area contributed by atoms with Crippen LogP contribution in [0.3, 0.4) is 0 Å². The summed E-state index contributed by atoms with van der Waals surface area (Å²) >= 11 is 0. The molecule has 1 aliphatic rings. The van der Waals surface area contributed by atoms with Gasteiger partial charge in [-0.2, -0.15) is 13.2 Å². The lowest BCUT2D eigenvalue weighted by Gasteiger charge is -2.27. The van der Waals surface area contributed by atoms with Crippen molar-refractivity contribution in [2.75, 3.05) is 11.6 Å². The van der Waals surface area contributed by atoms with Crippen LogP contribution >= 0.6 is 0 Å². The molecule has 3 rings (SSSR count). The largest absolute Gasteiger partial charge is 0.471 e. The van der Waals surface area contributed by atoms with E-state index in [-0.39, 0.29) is 16.8 Å². The molecule has 26 heavy (non-hydrogen) atoms. The van der Waals surface area contributed by atoms with Crippen LogP contribution in [-0.4, -0.2) is 35.5 Å². The number of hydrogen-bond acceptors (Lipinski definition) is 3. The van der Waals surface area contributed by atoms with Gasteiger partial charge in [0.15, 0.2) is 0 Å². The number of rotatable bonds is 3. The van der Waals surface area contributed by atoms with Crippen LogP contribution in [0.4, 0.5) is 18.9 Å². The summed E-state index contributed by atoms with van der Waals surface area (Å²) in [4.78, 5) is 37.7. The number of aryl methyl sites for hydroxylation is 1. The molecule has 0 spiro atoms. The lowest BCUT2D eigenvalue weighted by Crippen LogP contribution is -2.49. The highest BCUT2D eigenvalue weighted by Gasteiger charge is 2.45. The van der Waals surface area contributed by atoms with Crippen molar-refractivity contribution < 1.29 is 27.6 Å². The molecule has 8 heteroatoms. The maximum atomic E-state index is 13.0. The van der Waals surface area contributed by atoms with E-state index < -0.39 is 30.6 Å². The third kappa shape index (κ3) is 3.05. The lowest BCUT2D eigenvalue weighted by molar-refractivity contribution is -0.170. The number of hydrogen-bond donors (Lipinski definition) is 0. The summed E-state index contributed by atoms with van der Waals surface area (Å²) in [6.07, 6.45) is -5.15. The van der Waals surface area contributed by atoms with Crippen molar-refractivity contribution in [3.8, 4) is 0 Å². The van der Waals surface area contributed by atoms with Crippen LogP contribution in [0.5, 0.6) is 0 Å². The molecule has 0 fully saturated rings. The molecule has 2 aromatic carbocycles. The van der Waals surface area contributed by atoms with E-state index in [4.69, 9.17) is 0 Å². The first-order chi connectivity index (χ1) is 12.2. The molecule has 0 bridgehead atoms. The predicted molar refractivity (Wildman–Crippen MR) is 86.5 cm³/mol. The first-order valence-electron chi connectivity index (χ1n) is 7.60. The Bertz CT molecular complexity index is 856. The van der Waals surface area contributed by atoms with Crippen LogP contribution < -0.4 is 4.90 Å². The quantitative estimate of drug-likeness (QED) is 0.789. The molecule has 0 aromatic heterocycles. The highest BCUT2D eigenvalue weighted by atomic mass is 19.4. The van der Waals surface area contributed by atoms with Crippen molar-refractivity contribution in [1.82, 2.24) is 4.90 Å². The van der Waals surface area contributed by atoms with Gasteiger partial charge in [-0.25, -0.2) is 0 Å². The molecule has 0 atom stereocenters. The van der Waals surface area contributed by atoms with Gasteiger partial charge in [-0.3, -0.25) is 24.2 Å². The molecule has 0 saturated heterocycles. The van der Waals surface area contributed by atoms with E-state index in [0.717, 1.165) is 5.56 Å². The van der Waals surface area contributed by atoms with Gasteiger partial charge in [0.25, 0.3) is 11.8 Å². The summed E-state index contributed by atoms with van der Waals surface area (Å²) in [5, 5.41) is 0. The SMILES string of the molecule is Cc1ccc(N(CN2C(=O)c3ccccc3C2=O)C(=O)C(F)(F)F)cc1. The first kappa shape index (κ1) is 17.7.